The van der Waals surface area contributed by atoms with Crippen molar-refractivity contribution >= 4 is 6.09 Å². The zero-order valence-corrected chi connectivity index (χ0v) is 12.5. The quantitative estimate of drug-likeness (QED) is 0.767. The summed E-state index contributed by atoms with van der Waals surface area (Å²) in [5.74, 6) is 0. The minimum absolute atomic E-state index is 0.0843. The highest BCUT2D eigenvalue weighted by Gasteiger charge is 2.28. The average Bonchev–Trinajstić information content (AvgIpc) is 2.38. The van der Waals surface area contributed by atoms with Crippen molar-refractivity contribution in [3.05, 3.63) is 48.0 Å². The molecule has 3 nitrogen and oxygen atoms in total. The Morgan fingerprint density at radius 1 is 1.30 bits per heavy atom. The molecule has 1 aliphatic rings. The van der Waals surface area contributed by atoms with Gasteiger partial charge in [-0.15, -0.1) is 0 Å². The van der Waals surface area contributed by atoms with E-state index in [1.54, 1.807) is 0 Å². The van der Waals surface area contributed by atoms with Gasteiger partial charge in [-0.2, -0.15) is 0 Å². The maximum absolute atomic E-state index is 12.3. The van der Waals surface area contributed by atoms with Gasteiger partial charge in [-0.25, -0.2) is 4.79 Å². The summed E-state index contributed by atoms with van der Waals surface area (Å²) in [6.45, 7) is 6.42. The summed E-state index contributed by atoms with van der Waals surface area (Å²) in [5, 5.41) is 0. The van der Waals surface area contributed by atoms with Gasteiger partial charge in [0.15, 0.2) is 0 Å². The smallest absolute Gasteiger partial charge is 0.410 e. The van der Waals surface area contributed by atoms with Crippen LogP contribution in [0, 0.1) is 0 Å². The number of carbonyl (C=O) groups excluding carboxylic acids is 1. The maximum atomic E-state index is 12.3. The number of rotatable bonds is 2. The Bertz CT molecular complexity index is 474. The normalized spacial score (nSPS) is 18.9. The molecule has 0 spiro atoms. The maximum Gasteiger partial charge on any atom is 0.410 e. The molecule has 1 atom stereocenters. The Hall–Kier alpha value is -1.77. The van der Waals surface area contributed by atoms with Gasteiger partial charge in [-0.05, 0) is 39.2 Å². The van der Waals surface area contributed by atoms with Crippen molar-refractivity contribution in [1.29, 1.82) is 0 Å². The van der Waals surface area contributed by atoms with Crippen LogP contribution in [0.4, 0.5) is 4.79 Å². The molecule has 1 amide bonds. The van der Waals surface area contributed by atoms with E-state index in [1.165, 1.54) is 5.56 Å². The Kier molecular flexibility index (Phi) is 4.48. The summed E-state index contributed by atoms with van der Waals surface area (Å²) in [7, 11) is 0. The summed E-state index contributed by atoms with van der Waals surface area (Å²) in [5.41, 5.74) is 0.785. The third kappa shape index (κ3) is 4.12. The van der Waals surface area contributed by atoms with Crippen molar-refractivity contribution in [3.63, 3.8) is 0 Å². The van der Waals surface area contributed by atoms with E-state index in [4.69, 9.17) is 4.74 Å². The second-order valence-corrected chi connectivity index (χ2v) is 6.15. The van der Waals surface area contributed by atoms with Gasteiger partial charge in [0.1, 0.15) is 5.60 Å². The molecule has 0 N–H and O–H groups in total. The molecule has 0 bridgehead atoms. The number of hydrogen-bond acceptors (Lipinski definition) is 2. The monoisotopic (exact) mass is 273 g/mol. The van der Waals surface area contributed by atoms with Crippen molar-refractivity contribution in [3.8, 4) is 0 Å². The number of hydrogen-bond donors (Lipinski definition) is 0. The van der Waals surface area contributed by atoms with Crippen LogP contribution in [-0.2, 0) is 11.2 Å². The van der Waals surface area contributed by atoms with E-state index in [9.17, 15) is 4.79 Å². The molecule has 0 aliphatic carbocycles. The molecular formula is C17H23NO2. The first-order chi connectivity index (χ1) is 9.46. The number of amides is 1. The molecule has 108 valence electrons. The largest absolute Gasteiger partial charge is 0.444 e. The fourth-order valence-electron chi connectivity index (χ4n) is 2.32. The molecule has 0 radical (unpaired) electrons. The first kappa shape index (κ1) is 14.6. The minimum atomic E-state index is -0.449. The molecule has 0 saturated heterocycles. The zero-order chi connectivity index (χ0) is 14.6. The summed E-state index contributed by atoms with van der Waals surface area (Å²) in [4.78, 5) is 14.1. The first-order valence-corrected chi connectivity index (χ1v) is 7.16. The highest BCUT2D eigenvalue weighted by molar-refractivity contribution is 5.69. The Labute approximate surface area is 121 Å². The van der Waals surface area contributed by atoms with Crippen LogP contribution in [0.25, 0.3) is 0 Å². The van der Waals surface area contributed by atoms with Gasteiger partial charge in [0.25, 0.3) is 0 Å². The van der Waals surface area contributed by atoms with Gasteiger partial charge in [0, 0.05) is 6.54 Å². The number of nitrogens with zero attached hydrogens (tertiary/aromatic N) is 1. The van der Waals surface area contributed by atoms with E-state index in [-0.39, 0.29) is 12.1 Å². The minimum Gasteiger partial charge on any atom is -0.444 e. The molecule has 1 aromatic rings. The average molecular weight is 273 g/mol. The van der Waals surface area contributed by atoms with Crippen LogP contribution < -0.4 is 0 Å². The van der Waals surface area contributed by atoms with Gasteiger partial charge in [-0.3, -0.25) is 0 Å². The second-order valence-electron chi connectivity index (χ2n) is 6.15. The third-order valence-corrected chi connectivity index (χ3v) is 3.21. The van der Waals surface area contributed by atoms with Gasteiger partial charge in [0.2, 0.25) is 0 Å². The lowest BCUT2D eigenvalue weighted by atomic mass is 10.0. The summed E-state index contributed by atoms with van der Waals surface area (Å²) >= 11 is 0. The van der Waals surface area contributed by atoms with Crippen molar-refractivity contribution in [2.75, 3.05) is 6.54 Å². The molecule has 0 fully saturated rings. The van der Waals surface area contributed by atoms with E-state index in [1.807, 2.05) is 43.9 Å². The molecule has 20 heavy (non-hydrogen) atoms. The fourth-order valence-corrected chi connectivity index (χ4v) is 2.32. The van der Waals surface area contributed by atoms with Crippen molar-refractivity contribution < 1.29 is 9.53 Å². The highest BCUT2D eigenvalue weighted by atomic mass is 16.6. The predicted molar refractivity (Wildman–Crippen MR) is 80.6 cm³/mol. The SMILES string of the molecule is CC(C)(C)OC(=O)N1CCC=CC1Cc1ccccc1. The van der Waals surface area contributed by atoms with Crippen LogP contribution in [0.2, 0.25) is 0 Å². The van der Waals surface area contributed by atoms with Gasteiger partial charge in [-0.1, -0.05) is 42.5 Å². The van der Waals surface area contributed by atoms with Gasteiger partial charge in [0.05, 0.1) is 6.04 Å². The van der Waals surface area contributed by atoms with E-state index in [0.717, 1.165) is 19.4 Å². The lowest BCUT2D eigenvalue weighted by molar-refractivity contribution is 0.0193. The predicted octanol–water partition coefficient (Wildman–Crippen LogP) is 3.79. The van der Waals surface area contributed by atoms with Crippen molar-refractivity contribution in [2.45, 2.75) is 45.3 Å². The van der Waals surface area contributed by atoms with Gasteiger partial charge >= 0.3 is 6.09 Å². The van der Waals surface area contributed by atoms with Crippen molar-refractivity contribution in [1.82, 2.24) is 4.90 Å². The number of ether oxygens (including phenoxy) is 1. The third-order valence-electron chi connectivity index (χ3n) is 3.21. The van der Waals surface area contributed by atoms with Gasteiger partial charge < -0.3 is 9.64 Å². The summed E-state index contributed by atoms with van der Waals surface area (Å²) in [6, 6.07) is 10.3. The second kappa shape index (κ2) is 6.12. The molecule has 2 rings (SSSR count). The highest BCUT2D eigenvalue weighted by Crippen LogP contribution is 2.19. The first-order valence-electron chi connectivity index (χ1n) is 7.16. The Balaban J connectivity index is 2.07. The summed E-state index contributed by atoms with van der Waals surface area (Å²) in [6.07, 6.45) is 5.76. The molecule has 3 heteroatoms. The van der Waals surface area contributed by atoms with Crippen LogP contribution in [-0.4, -0.2) is 29.2 Å². The fraction of sp³-hybridized carbons (Fsp3) is 0.471. The van der Waals surface area contributed by atoms with Crippen LogP contribution >= 0.6 is 0 Å². The lowest BCUT2D eigenvalue weighted by Gasteiger charge is -2.34. The standard InChI is InChI=1S/C17H23NO2/c1-17(2,3)20-16(19)18-12-8-7-11-15(18)13-14-9-5-4-6-10-14/h4-7,9-11,15H,8,12-13H2,1-3H3. The number of carbonyl (C=O) groups is 1. The van der Waals surface area contributed by atoms with Crippen LogP contribution in [0.15, 0.2) is 42.5 Å². The molecule has 1 heterocycles. The molecule has 1 aromatic carbocycles. The molecular weight excluding hydrogens is 250 g/mol. The van der Waals surface area contributed by atoms with Crippen LogP contribution in [0.5, 0.6) is 0 Å². The Morgan fingerprint density at radius 3 is 2.65 bits per heavy atom. The van der Waals surface area contributed by atoms with Crippen molar-refractivity contribution in [2.24, 2.45) is 0 Å². The lowest BCUT2D eigenvalue weighted by Crippen LogP contribution is -2.45. The molecule has 0 saturated carbocycles. The van der Waals surface area contributed by atoms with E-state index >= 15 is 0 Å². The molecule has 1 aliphatic heterocycles. The van der Waals surface area contributed by atoms with E-state index < -0.39 is 5.60 Å². The molecule has 0 aromatic heterocycles. The Morgan fingerprint density at radius 2 is 2.00 bits per heavy atom. The zero-order valence-electron chi connectivity index (χ0n) is 12.5. The van der Waals surface area contributed by atoms with E-state index in [0.29, 0.717) is 0 Å². The van der Waals surface area contributed by atoms with Crippen LogP contribution in [0.1, 0.15) is 32.8 Å². The number of benzene rings is 1. The summed E-state index contributed by atoms with van der Waals surface area (Å²) < 4.78 is 5.50. The van der Waals surface area contributed by atoms with Crippen LogP contribution in [0.3, 0.4) is 0 Å². The molecule has 1 unspecified atom stereocenters. The topological polar surface area (TPSA) is 29.5 Å². The van der Waals surface area contributed by atoms with E-state index in [2.05, 4.69) is 24.3 Å².